The fraction of sp³-hybridized carbons (Fsp3) is 0.244. The lowest BCUT2D eigenvalue weighted by Crippen LogP contribution is -2.75. The second kappa shape index (κ2) is 20.4. The predicted molar refractivity (Wildman–Crippen MR) is 210 cm³/mol. The van der Waals surface area contributed by atoms with Gasteiger partial charge in [-0.3, -0.25) is 4.98 Å². The van der Waals surface area contributed by atoms with Gasteiger partial charge in [0.15, 0.2) is 18.9 Å². The summed E-state index contributed by atoms with van der Waals surface area (Å²) in [6.45, 7) is -0.116. The molecule has 0 saturated carbocycles. The molecule has 0 saturated heterocycles. The minimum Gasteiger partial charge on any atom is -0.252 e. The van der Waals surface area contributed by atoms with Crippen molar-refractivity contribution in [1.82, 2.24) is 4.98 Å². The fourth-order valence-electron chi connectivity index (χ4n) is 7.85. The van der Waals surface area contributed by atoms with E-state index in [-0.39, 0.29) is 18.2 Å². The molecule has 1 aromatic heterocycles. The van der Waals surface area contributed by atoms with Crippen LogP contribution in [0.1, 0.15) is 61.2 Å². The molecule has 5 aromatic carbocycles. The molecule has 0 atom stereocenters. The lowest BCUT2D eigenvalue weighted by atomic mass is 9.12. The minimum atomic E-state index is -6.13. The standard InChI is InChI=1S/C32H12BF24.C13H9F6N2/c34-25(35,36)13-1-14(26(37,38)39)6-21(5-13)33(22-7-15(27(40,41)42)2-16(8-22)28(43,44)45,23-9-17(29(46,47)48)3-18(10-23)30(49,50)51)24-11-19(31(52,53)54)4-20(12-24)32(55,56)57;14-12(15,16)10-5-9(6-11(7-10)13(17,18)19)8-21-3-1-20-2-4-21/h1-12H;1-7H,8H2/q-1;+1. The molecule has 0 aliphatic rings. The van der Waals surface area contributed by atoms with Crippen molar-refractivity contribution in [2.75, 3.05) is 0 Å². The van der Waals surface area contributed by atoms with Crippen LogP contribution in [-0.4, -0.2) is 11.1 Å². The van der Waals surface area contributed by atoms with Gasteiger partial charge in [0.2, 0.25) is 0 Å². The van der Waals surface area contributed by atoms with E-state index < -0.39 is 218 Å². The first kappa shape index (κ1) is 62.0. The lowest BCUT2D eigenvalue weighted by Gasteiger charge is -2.46. The molecule has 0 N–H and O–H groups in total. The fourth-order valence-corrected chi connectivity index (χ4v) is 7.85. The maximum atomic E-state index is 14.2. The summed E-state index contributed by atoms with van der Waals surface area (Å²) in [4.78, 5) is 3.72. The summed E-state index contributed by atoms with van der Waals surface area (Å²) in [6, 6.07) is -7.28. The van der Waals surface area contributed by atoms with Gasteiger partial charge < -0.3 is 0 Å². The SMILES string of the molecule is FC(F)(F)c1cc(C[n+]2ccncc2)cc(C(F)(F)F)c1.FC(F)(F)c1cc([B-](c2cc(C(F)(F)F)cc(C(F)(F)F)c2)(c2cc(C(F)(F)F)cc(C(F)(F)F)c2)c2cc(C(F)(F)F)cc(C(F)(F)F)c2)cc(C(F)(F)F)c1. The second-order valence-electron chi connectivity index (χ2n) is 16.6. The number of benzene rings is 5. The maximum absolute atomic E-state index is 14.2. The molecule has 78 heavy (non-hydrogen) atoms. The number of aromatic nitrogens is 2. The minimum absolute atomic E-state index is 0.0895. The highest BCUT2D eigenvalue weighted by Gasteiger charge is 2.47. The Kier molecular flexibility index (Phi) is 16.2. The molecule has 0 spiro atoms. The summed E-state index contributed by atoms with van der Waals surface area (Å²) in [7, 11) is 0. The van der Waals surface area contributed by atoms with Crippen molar-refractivity contribution in [3.8, 4) is 0 Å². The van der Waals surface area contributed by atoms with E-state index in [9.17, 15) is 132 Å². The topological polar surface area (TPSA) is 16.8 Å². The summed E-state index contributed by atoms with van der Waals surface area (Å²) in [5.74, 6) is 0. The predicted octanol–water partition coefficient (Wildman–Crippen LogP) is 14.7. The molecule has 2 nitrogen and oxygen atoms in total. The van der Waals surface area contributed by atoms with Gasteiger partial charge in [0.1, 0.15) is 6.15 Å². The molecule has 6 rings (SSSR count). The quantitative estimate of drug-likeness (QED) is 0.0923. The highest BCUT2D eigenvalue weighted by molar-refractivity contribution is 7.20. The summed E-state index contributed by atoms with van der Waals surface area (Å²) < 4.78 is 418. The van der Waals surface area contributed by atoms with Crippen molar-refractivity contribution in [2.24, 2.45) is 0 Å². The van der Waals surface area contributed by atoms with Gasteiger partial charge >= 0.3 is 61.8 Å². The molecule has 0 unspecified atom stereocenters. The Morgan fingerprint density at radius 3 is 0.590 bits per heavy atom. The van der Waals surface area contributed by atoms with E-state index in [1.807, 2.05) is 0 Å². The van der Waals surface area contributed by atoms with Crippen LogP contribution in [0, 0.1) is 0 Å². The van der Waals surface area contributed by atoms with Gasteiger partial charge in [-0.25, -0.2) is 0 Å². The zero-order valence-corrected chi connectivity index (χ0v) is 37.0. The molecule has 6 aromatic rings. The Morgan fingerprint density at radius 2 is 0.423 bits per heavy atom. The Bertz CT molecular complexity index is 2640. The summed E-state index contributed by atoms with van der Waals surface area (Å²) in [6.07, 6.45) is -58.8. The van der Waals surface area contributed by atoms with Crippen LogP contribution >= 0.6 is 0 Å². The molecule has 0 aliphatic heterocycles. The van der Waals surface area contributed by atoms with Crippen molar-refractivity contribution in [2.45, 2.75) is 68.3 Å². The maximum Gasteiger partial charge on any atom is 0.416 e. The first-order chi connectivity index (χ1) is 34.9. The molecule has 33 heteroatoms. The molecule has 1 heterocycles. The Balaban J connectivity index is 0.000000443. The normalized spacial score (nSPS) is 13.8. The second-order valence-corrected chi connectivity index (χ2v) is 16.6. The molecular weight excluding hydrogens is 1150 g/mol. The Hall–Kier alpha value is -6.86. The van der Waals surface area contributed by atoms with Crippen molar-refractivity contribution in [3.05, 3.63) is 177 Å². The van der Waals surface area contributed by atoms with Crippen LogP contribution < -0.4 is 26.4 Å². The third kappa shape index (κ3) is 14.4. The smallest absolute Gasteiger partial charge is 0.252 e. The van der Waals surface area contributed by atoms with Crippen LogP contribution in [0.25, 0.3) is 0 Å². The van der Waals surface area contributed by atoms with Crippen LogP contribution in [-0.2, 0) is 68.3 Å². The zero-order valence-electron chi connectivity index (χ0n) is 37.0. The Morgan fingerprint density at radius 1 is 0.256 bits per heavy atom. The van der Waals surface area contributed by atoms with Gasteiger partial charge in [0.05, 0.1) is 68.0 Å². The zero-order chi connectivity index (χ0) is 59.6. The molecule has 0 amide bonds. The van der Waals surface area contributed by atoms with Crippen molar-refractivity contribution in [1.29, 1.82) is 0 Å². The summed E-state index contributed by atoms with van der Waals surface area (Å²) >= 11 is 0. The van der Waals surface area contributed by atoms with Crippen molar-refractivity contribution in [3.63, 3.8) is 0 Å². The van der Waals surface area contributed by atoms with Crippen LogP contribution in [0.3, 0.4) is 0 Å². The van der Waals surface area contributed by atoms with Gasteiger partial charge in [-0.2, -0.15) is 158 Å². The van der Waals surface area contributed by atoms with E-state index in [4.69, 9.17) is 0 Å². The average molecular weight is 1170 g/mol. The van der Waals surface area contributed by atoms with Crippen molar-refractivity contribution >= 4 is 28.0 Å². The first-order valence-electron chi connectivity index (χ1n) is 20.4. The van der Waals surface area contributed by atoms with Crippen LogP contribution in [0.5, 0.6) is 0 Å². The molecule has 424 valence electrons. The lowest BCUT2D eigenvalue weighted by molar-refractivity contribution is -0.688. The molecular formula is C45H21BF30N2. The number of hydrogen-bond acceptors (Lipinski definition) is 1. The van der Waals surface area contributed by atoms with E-state index in [1.54, 1.807) is 0 Å². The summed E-state index contributed by atoms with van der Waals surface area (Å²) in [5, 5.41) is 0. The highest BCUT2D eigenvalue weighted by Crippen LogP contribution is 2.42. The van der Waals surface area contributed by atoms with E-state index >= 15 is 0 Å². The number of nitrogens with zero attached hydrogens (tertiary/aromatic N) is 2. The van der Waals surface area contributed by atoms with E-state index in [0.717, 1.165) is 0 Å². The van der Waals surface area contributed by atoms with E-state index in [2.05, 4.69) is 4.98 Å². The third-order valence-corrected chi connectivity index (χ3v) is 11.1. The largest absolute Gasteiger partial charge is 0.416 e. The van der Waals surface area contributed by atoms with Crippen LogP contribution in [0.2, 0.25) is 0 Å². The highest BCUT2D eigenvalue weighted by atomic mass is 19.4. The van der Waals surface area contributed by atoms with Gasteiger partial charge in [0, 0.05) is 5.56 Å². The van der Waals surface area contributed by atoms with Gasteiger partial charge in [-0.05, 0) is 42.5 Å². The van der Waals surface area contributed by atoms with E-state index in [0.29, 0.717) is 12.1 Å². The average Bonchev–Trinajstić information content (AvgIpc) is 3.26. The van der Waals surface area contributed by atoms with Gasteiger partial charge in [0.25, 0.3) is 0 Å². The van der Waals surface area contributed by atoms with Gasteiger partial charge in [-0.15, -0.1) is 0 Å². The van der Waals surface area contributed by atoms with Crippen LogP contribution in [0.4, 0.5) is 132 Å². The number of alkyl halides is 30. The first-order valence-corrected chi connectivity index (χ1v) is 20.4. The molecule has 0 bridgehead atoms. The van der Waals surface area contributed by atoms with Crippen molar-refractivity contribution < 1.29 is 136 Å². The monoisotopic (exact) mass is 1170 g/mol. The Labute approximate surface area is 414 Å². The molecule has 0 fully saturated rings. The number of halogens is 30. The van der Waals surface area contributed by atoms with Gasteiger partial charge in [-0.1, -0.05) is 48.5 Å². The number of rotatable bonds is 6. The van der Waals surface area contributed by atoms with E-state index in [1.165, 1.54) is 29.4 Å². The number of hydrogen-bond donors (Lipinski definition) is 0. The molecule has 0 aliphatic carbocycles. The van der Waals surface area contributed by atoms with Crippen LogP contribution in [0.15, 0.2) is 116 Å². The third-order valence-electron chi connectivity index (χ3n) is 11.1. The molecule has 0 radical (unpaired) electrons. The summed E-state index contributed by atoms with van der Waals surface area (Å²) in [5.41, 5.74) is -32.9.